The maximum absolute atomic E-state index is 14.4. The molecule has 3 amide bonds. The van der Waals surface area contributed by atoms with E-state index in [0.717, 1.165) is 39.9 Å². The van der Waals surface area contributed by atoms with Crippen LogP contribution < -0.4 is 10.6 Å². The van der Waals surface area contributed by atoms with E-state index in [1.165, 1.54) is 0 Å². The van der Waals surface area contributed by atoms with Gasteiger partial charge >= 0.3 is 6.09 Å². The number of benzene rings is 2. The monoisotopic (exact) mass is 551 g/mol. The van der Waals surface area contributed by atoms with E-state index in [4.69, 9.17) is 4.74 Å². The van der Waals surface area contributed by atoms with Gasteiger partial charge in [-0.2, -0.15) is 0 Å². The second-order valence-electron chi connectivity index (χ2n) is 12.2. The van der Waals surface area contributed by atoms with Crippen LogP contribution in [0.15, 0.2) is 36.4 Å². The number of ether oxygens (including phenoxy) is 1. The molecule has 2 unspecified atom stereocenters. The Morgan fingerprint density at radius 2 is 1.57 bits per heavy atom. The highest BCUT2D eigenvalue weighted by atomic mass is 16.6. The number of carbonyl (C=O) groups is 3. The van der Waals surface area contributed by atoms with Crippen LogP contribution >= 0.6 is 0 Å². The summed E-state index contributed by atoms with van der Waals surface area (Å²) < 4.78 is 5.49. The topological polar surface area (TPSA) is 87.7 Å². The standard InChI is InChI=1S/C33H49N3O4/c1-11-12-18-36(31(38)27(19-21(2)3)34-32(39)40-33(8,9)10)29(26-20-22(4)16-17-23(26)5)30(37)35-28-24(6)14-13-15-25(28)7/h13-17,20-21,27,29H,11-12,18-19H2,1-10H3,(H,34,39)(H,35,37). The Morgan fingerprint density at radius 1 is 0.950 bits per heavy atom. The molecule has 220 valence electrons. The number of unbranched alkanes of at least 4 members (excludes halogenated alkanes) is 1. The summed E-state index contributed by atoms with van der Waals surface area (Å²) in [6.07, 6.45) is 1.32. The number of hydrogen-bond acceptors (Lipinski definition) is 4. The lowest BCUT2D eigenvalue weighted by Crippen LogP contribution is -2.53. The second-order valence-corrected chi connectivity index (χ2v) is 12.2. The van der Waals surface area contributed by atoms with Crippen molar-refractivity contribution in [2.45, 2.75) is 106 Å². The average molecular weight is 552 g/mol. The van der Waals surface area contributed by atoms with Crippen molar-refractivity contribution in [3.05, 3.63) is 64.2 Å². The van der Waals surface area contributed by atoms with E-state index in [2.05, 4.69) is 17.6 Å². The predicted octanol–water partition coefficient (Wildman–Crippen LogP) is 7.17. The molecule has 7 nitrogen and oxygen atoms in total. The van der Waals surface area contributed by atoms with E-state index in [-0.39, 0.29) is 17.7 Å². The number of rotatable bonds is 11. The third-order valence-electron chi connectivity index (χ3n) is 6.75. The van der Waals surface area contributed by atoms with E-state index >= 15 is 0 Å². The molecule has 2 atom stereocenters. The Labute approximate surface area is 241 Å². The van der Waals surface area contributed by atoms with Crippen LogP contribution in [0.4, 0.5) is 10.5 Å². The lowest BCUT2D eigenvalue weighted by Gasteiger charge is -2.36. The van der Waals surface area contributed by atoms with Gasteiger partial charge in [0, 0.05) is 12.2 Å². The van der Waals surface area contributed by atoms with Crippen LogP contribution in [-0.2, 0) is 14.3 Å². The highest BCUT2D eigenvalue weighted by molar-refractivity contribution is 6.00. The number of aryl methyl sites for hydroxylation is 4. The zero-order valence-electron chi connectivity index (χ0n) is 26.1. The zero-order valence-corrected chi connectivity index (χ0v) is 26.1. The SMILES string of the molecule is CCCCN(C(=O)C(CC(C)C)NC(=O)OC(C)(C)C)C(C(=O)Nc1c(C)cccc1C)c1cc(C)ccc1C. The van der Waals surface area contributed by atoms with Gasteiger partial charge in [-0.1, -0.05) is 69.2 Å². The number of alkyl carbamates (subject to hydrolysis) is 1. The molecule has 0 aliphatic heterocycles. The molecule has 7 heteroatoms. The molecular formula is C33H49N3O4. The normalized spacial score (nSPS) is 13.0. The molecule has 40 heavy (non-hydrogen) atoms. The molecule has 2 aromatic rings. The molecule has 0 radical (unpaired) electrons. The first-order valence-electron chi connectivity index (χ1n) is 14.4. The molecule has 0 saturated carbocycles. The largest absolute Gasteiger partial charge is 0.444 e. The number of anilines is 1. The molecule has 0 fully saturated rings. The Balaban J connectivity index is 2.63. The lowest BCUT2D eigenvalue weighted by atomic mass is 9.94. The molecule has 0 aromatic heterocycles. The maximum Gasteiger partial charge on any atom is 0.408 e. The number of nitrogens with zero attached hydrogens (tertiary/aromatic N) is 1. The lowest BCUT2D eigenvalue weighted by molar-refractivity contribution is -0.141. The number of amides is 3. The van der Waals surface area contributed by atoms with Crippen LogP contribution in [0.3, 0.4) is 0 Å². The van der Waals surface area contributed by atoms with Crippen molar-refractivity contribution in [2.75, 3.05) is 11.9 Å². The Hall–Kier alpha value is -3.35. The Morgan fingerprint density at radius 3 is 2.12 bits per heavy atom. The summed E-state index contributed by atoms with van der Waals surface area (Å²) in [6.45, 7) is 19.6. The van der Waals surface area contributed by atoms with Gasteiger partial charge in [0.1, 0.15) is 17.7 Å². The Bertz CT molecular complexity index is 1160. The first-order valence-corrected chi connectivity index (χ1v) is 14.4. The van der Waals surface area contributed by atoms with Crippen molar-refractivity contribution < 1.29 is 19.1 Å². The number of nitrogens with one attached hydrogen (secondary N) is 2. The molecule has 0 bridgehead atoms. The minimum Gasteiger partial charge on any atom is -0.444 e. The smallest absolute Gasteiger partial charge is 0.408 e. The van der Waals surface area contributed by atoms with E-state index in [0.29, 0.717) is 19.4 Å². The summed E-state index contributed by atoms with van der Waals surface area (Å²) in [5.41, 5.74) is 4.63. The predicted molar refractivity (Wildman–Crippen MR) is 162 cm³/mol. The summed E-state index contributed by atoms with van der Waals surface area (Å²) in [6, 6.07) is 10.1. The summed E-state index contributed by atoms with van der Waals surface area (Å²) in [4.78, 5) is 43.0. The summed E-state index contributed by atoms with van der Waals surface area (Å²) in [5, 5.41) is 5.96. The van der Waals surface area contributed by atoms with Gasteiger partial charge in [0.2, 0.25) is 5.91 Å². The van der Waals surface area contributed by atoms with Crippen LogP contribution in [0.1, 0.15) is 94.7 Å². The first-order chi connectivity index (χ1) is 18.6. The highest BCUT2D eigenvalue weighted by Gasteiger charge is 2.37. The van der Waals surface area contributed by atoms with Crippen molar-refractivity contribution in [2.24, 2.45) is 5.92 Å². The molecule has 0 aliphatic carbocycles. The van der Waals surface area contributed by atoms with Gasteiger partial charge in [0.25, 0.3) is 5.91 Å². The van der Waals surface area contributed by atoms with Gasteiger partial charge in [-0.3, -0.25) is 9.59 Å². The fraction of sp³-hybridized carbons (Fsp3) is 0.545. The van der Waals surface area contributed by atoms with Gasteiger partial charge in [0.05, 0.1) is 0 Å². The minimum absolute atomic E-state index is 0.125. The highest BCUT2D eigenvalue weighted by Crippen LogP contribution is 2.30. The van der Waals surface area contributed by atoms with Crippen molar-refractivity contribution in [1.29, 1.82) is 0 Å². The van der Waals surface area contributed by atoms with Crippen molar-refractivity contribution >= 4 is 23.6 Å². The van der Waals surface area contributed by atoms with Crippen molar-refractivity contribution in [1.82, 2.24) is 10.2 Å². The molecule has 2 aromatic carbocycles. The second kappa shape index (κ2) is 14.3. The Kier molecular flexibility index (Phi) is 11.8. The van der Waals surface area contributed by atoms with Gasteiger partial charge < -0.3 is 20.3 Å². The van der Waals surface area contributed by atoms with Gasteiger partial charge in [0.15, 0.2) is 0 Å². The van der Waals surface area contributed by atoms with Gasteiger partial charge in [-0.15, -0.1) is 0 Å². The van der Waals surface area contributed by atoms with E-state index in [9.17, 15) is 14.4 Å². The molecule has 0 aliphatic rings. The number of para-hydroxylation sites is 1. The summed E-state index contributed by atoms with van der Waals surface area (Å²) in [7, 11) is 0. The molecule has 0 saturated heterocycles. The van der Waals surface area contributed by atoms with E-state index in [1.54, 1.807) is 25.7 Å². The van der Waals surface area contributed by atoms with E-state index < -0.39 is 23.8 Å². The fourth-order valence-corrected chi connectivity index (χ4v) is 4.75. The quantitative estimate of drug-likeness (QED) is 0.310. The van der Waals surface area contributed by atoms with Crippen molar-refractivity contribution in [3.63, 3.8) is 0 Å². The molecule has 0 spiro atoms. The number of hydrogen-bond donors (Lipinski definition) is 2. The maximum atomic E-state index is 14.4. The molecule has 2 N–H and O–H groups in total. The van der Waals surface area contributed by atoms with E-state index in [1.807, 2.05) is 77.9 Å². The van der Waals surface area contributed by atoms with Gasteiger partial charge in [-0.25, -0.2) is 4.79 Å². The van der Waals surface area contributed by atoms with Crippen LogP contribution in [-0.4, -0.2) is 41.0 Å². The van der Waals surface area contributed by atoms with Crippen LogP contribution in [0, 0.1) is 33.6 Å². The van der Waals surface area contributed by atoms with Crippen LogP contribution in [0.5, 0.6) is 0 Å². The summed E-state index contributed by atoms with van der Waals surface area (Å²) in [5.74, 6) is -0.453. The molecular weight excluding hydrogens is 502 g/mol. The average Bonchev–Trinajstić information content (AvgIpc) is 2.83. The zero-order chi connectivity index (χ0) is 30.2. The van der Waals surface area contributed by atoms with Crippen LogP contribution in [0.2, 0.25) is 0 Å². The minimum atomic E-state index is -0.881. The number of carbonyl (C=O) groups excluding carboxylic acids is 3. The van der Waals surface area contributed by atoms with Gasteiger partial charge in [-0.05, 0) is 89.5 Å². The van der Waals surface area contributed by atoms with Crippen molar-refractivity contribution in [3.8, 4) is 0 Å². The molecule has 0 heterocycles. The first kappa shape index (κ1) is 32.9. The molecule has 2 rings (SSSR count). The summed E-state index contributed by atoms with van der Waals surface area (Å²) >= 11 is 0. The van der Waals surface area contributed by atoms with Crippen LogP contribution in [0.25, 0.3) is 0 Å². The fourth-order valence-electron chi connectivity index (χ4n) is 4.75. The third-order valence-corrected chi connectivity index (χ3v) is 6.75. The third kappa shape index (κ3) is 9.39.